The second kappa shape index (κ2) is 8.16. The molecule has 0 saturated heterocycles. The number of amides is 2. The molecule has 0 spiro atoms. The average Bonchev–Trinajstić information content (AvgIpc) is 2.57. The van der Waals surface area contributed by atoms with Crippen molar-refractivity contribution in [2.24, 2.45) is 0 Å². The largest absolute Gasteiger partial charge is 0.375 e. The van der Waals surface area contributed by atoms with Crippen LogP contribution in [0.5, 0.6) is 0 Å². The number of para-hydroxylation sites is 1. The molecule has 7 heteroatoms. The Morgan fingerprint density at radius 1 is 1.08 bits per heavy atom. The van der Waals surface area contributed by atoms with Gasteiger partial charge < -0.3 is 15.4 Å². The number of rotatable bonds is 5. The van der Waals surface area contributed by atoms with E-state index in [2.05, 4.69) is 10.6 Å². The van der Waals surface area contributed by atoms with Gasteiger partial charge in [-0.2, -0.15) is 0 Å². The van der Waals surface area contributed by atoms with Gasteiger partial charge in [-0.05, 0) is 29.8 Å². The molecule has 2 aromatic rings. The summed E-state index contributed by atoms with van der Waals surface area (Å²) in [5, 5.41) is 4.54. The number of hydrogen-bond acceptors (Lipinski definition) is 3. The third-order valence-electron chi connectivity index (χ3n) is 3.28. The molecule has 0 aliphatic heterocycles. The Labute approximate surface area is 137 Å². The fraction of sp³-hybridized carbons (Fsp3) is 0.176. The lowest BCUT2D eigenvalue weighted by atomic mass is 10.1. The normalized spacial score (nSPS) is 11.6. The number of halogens is 2. The zero-order valence-corrected chi connectivity index (χ0v) is 12.9. The number of hydrogen-bond donors (Lipinski definition) is 2. The highest BCUT2D eigenvalue weighted by Gasteiger charge is 2.18. The molecular formula is C17H16F2N2O3. The van der Waals surface area contributed by atoms with Crippen LogP contribution < -0.4 is 10.6 Å². The summed E-state index contributed by atoms with van der Waals surface area (Å²) in [5.41, 5.74) is 0.429. The quantitative estimate of drug-likeness (QED) is 0.825. The van der Waals surface area contributed by atoms with E-state index in [9.17, 15) is 18.4 Å². The molecule has 126 valence electrons. The van der Waals surface area contributed by atoms with Gasteiger partial charge in [-0.25, -0.2) is 8.78 Å². The van der Waals surface area contributed by atoms with Crippen LogP contribution in [0.25, 0.3) is 0 Å². The fourth-order valence-electron chi connectivity index (χ4n) is 2.05. The lowest BCUT2D eigenvalue weighted by molar-refractivity contribution is -0.136. The molecule has 2 rings (SSSR count). The van der Waals surface area contributed by atoms with Crippen LogP contribution in [0.1, 0.15) is 11.7 Å². The van der Waals surface area contributed by atoms with E-state index in [1.807, 2.05) is 0 Å². The molecule has 0 radical (unpaired) electrons. The summed E-state index contributed by atoms with van der Waals surface area (Å²) in [4.78, 5) is 23.6. The van der Waals surface area contributed by atoms with Crippen LogP contribution in [0, 0.1) is 11.6 Å². The predicted molar refractivity (Wildman–Crippen MR) is 84.2 cm³/mol. The molecular weight excluding hydrogens is 318 g/mol. The third kappa shape index (κ3) is 4.60. The summed E-state index contributed by atoms with van der Waals surface area (Å²) in [6.45, 7) is -0.0382. The van der Waals surface area contributed by atoms with E-state index in [4.69, 9.17) is 4.74 Å². The van der Waals surface area contributed by atoms with Crippen molar-refractivity contribution in [2.75, 3.05) is 19.0 Å². The maximum Gasteiger partial charge on any atom is 0.313 e. The maximum absolute atomic E-state index is 13.4. The first-order valence-electron chi connectivity index (χ1n) is 7.13. The minimum Gasteiger partial charge on any atom is -0.375 e. The molecule has 1 atom stereocenters. The topological polar surface area (TPSA) is 67.4 Å². The first-order chi connectivity index (χ1) is 11.5. The van der Waals surface area contributed by atoms with Gasteiger partial charge in [0, 0.05) is 13.7 Å². The van der Waals surface area contributed by atoms with Crippen LogP contribution >= 0.6 is 0 Å². The Morgan fingerprint density at radius 2 is 1.83 bits per heavy atom. The first kappa shape index (κ1) is 17.6. The SMILES string of the molecule is COC(CNC(=O)C(=O)Nc1ccccc1F)c1cccc(F)c1. The highest BCUT2D eigenvalue weighted by molar-refractivity contribution is 6.39. The predicted octanol–water partition coefficient (Wildman–Crippen LogP) is 2.41. The number of nitrogens with one attached hydrogen (secondary N) is 2. The maximum atomic E-state index is 13.4. The number of methoxy groups -OCH3 is 1. The van der Waals surface area contributed by atoms with E-state index in [1.54, 1.807) is 6.07 Å². The molecule has 2 N–H and O–H groups in total. The number of benzene rings is 2. The van der Waals surface area contributed by atoms with Crippen molar-refractivity contribution in [1.29, 1.82) is 0 Å². The summed E-state index contributed by atoms with van der Waals surface area (Å²) in [5.74, 6) is -3.03. The average molecular weight is 334 g/mol. The summed E-state index contributed by atoms with van der Waals surface area (Å²) in [6, 6.07) is 11.2. The van der Waals surface area contributed by atoms with E-state index in [-0.39, 0.29) is 12.2 Å². The van der Waals surface area contributed by atoms with E-state index in [0.717, 1.165) is 0 Å². The van der Waals surface area contributed by atoms with Gasteiger partial charge in [0.2, 0.25) is 0 Å². The minimum atomic E-state index is -1.01. The molecule has 0 fully saturated rings. The lowest BCUT2D eigenvalue weighted by Crippen LogP contribution is -2.38. The van der Waals surface area contributed by atoms with Gasteiger partial charge in [0.15, 0.2) is 0 Å². The molecule has 0 bridgehead atoms. The zero-order chi connectivity index (χ0) is 17.5. The van der Waals surface area contributed by atoms with Crippen molar-refractivity contribution in [3.05, 3.63) is 65.7 Å². The van der Waals surface area contributed by atoms with Crippen molar-refractivity contribution in [3.8, 4) is 0 Å². The van der Waals surface area contributed by atoms with Gasteiger partial charge in [0.05, 0.1) is 11.8 Å². The molecule has 2 aromatic carbocycles. The Morgan fingerprint density at radius 3 is 2.50 bits per heavy atom. The van der Waals surface area contributed by atoms with Crippen LogP contribution in [0.15, 0.2) is 48.5 Å². The Balaban J connectivity index is 1.94. The zero-order valence-electron chi connectivity index (χ0n) is 12.9. The summed E-state index contributed by atoms with van der Waals surface area (Å²) < 4.78 is 31.9. The standard InChI is InChI=1S/C17H16F2N2O3/c1-24-15(11-5-4-6-12(18)9-11)10-20-16(22)17(23)21-14-8-3-2-7-13(14)19/h2-9,15H,10H2,1H3,(H,20,22)(H,21,23). The second-order valence-electron chi connectivity index (χ2n) is 4.92. The molecule has 2 amide bonds. The second-order valence-corrected chi connectivity index (χ2v) is 4.92. The first-order valence-corrected chi connectivity index (χ1v) is 7.13. The minimum absolute atomic E-state index is 0.0382. The van der Waals surface area contributed by atoms with E-state index in [1.165, 1.54) is 49.6 Å². The number of carbonyl (C=O) groups excluding carboxylic acids is 2. The van der Waals surface area contributed by atoms with Gasteiger partial charge in [0.25, 0.3) is 0 Å². The Kier molecular flexibility index (Phi) is 5.97. The van der Waals surface area contributed by atoms with Crippen LogP contribution in [0.3, 0.4) is 0 Å². The number of ether oxygens (including phenoxy) is 1. The van der Waals surface area contributed by atoms with Gasteiger partial charge in [-0.15, -0.1) is 0 Å². The van der Waals surface area contributed by atoms with Gasteiger partial charge in [-0.3, -0.25) is 9.59 Å². The molecule has 24 heavy (non-hydrogen) atoms. The van der Waals surface area contributed by atoms with Crippen molar-refractivity contribution in [2.45, 2.75) is 6.10 Å². The van der Waals surface area contributed by atoms with Crippen LogP contribution in [-0.2, 0) is 14.3 Å². The molecule has 0 aliphatic rings. The van der Waals surface area contributed by atoms with Gasteiger partial charge >= 0.3 is 11.8 Å². The van der Waals surface area contributed by atoms with E-state index in [0.29, 0.717) is 5.56 Å². The highest BCUT2D eigenvalue weighted by atomic mass is 19.1. The summed E-state index contributed by atoms with van der Waals surface area (Å²) in [6.07, 6.45) is -0.620. The van der Waals surface area contributed by atoms with Crippen LogP contribution in [-0.4, -0.2) is 25.5 Å². The van der Waals surface area contributed by atoms with Crippen LogP contribution in [0.4, 0.5) is 14.5 Å². The molecule has 1 unspecified atom stereocenters. The highest BCUT2D eigenvalue weighted by Crippen LogP contribution is 2.17. The summed E-state index contributed by atoms with van der Waals surface area (Å²) >= 11 is 0. The van der Waals surface area contributed by atoms with E-state index < -0.39 is 29.6 Å². The molecule has 0 aliphatic carbocycles. The lowest BCUT2D eigenvalue weighted by Gasteiger charge is -2.16. The Bertz CT molecular complexity index is 737. The van der Waals surface area contributed by atoms with Crippen LogP contribution in [0.2, 0.25) is 0 Å². The molecule has 5 nitrogen and oxygen atoms in total. The Hall–Kier alpha value is -2.80. The summed E-state index contributed by atoms with van der Waals surface area (Å²) in [7, 11) is 1.40. The monoisotopic (exact) mass is 334 g/mol. The number of carbonyl (C=O) groups is 2. The molecule has 0 saturated carbocycles. The third-order valence-corrected chi connectivity index (χ3v) is 3.28. The number of anilines is 1. The van der Waals surface area contributed by atoms with Gasteiger partial charge in [0.1, 0.15) is 11.6 Å². The van der Waals surface area contributed by atoms with Crippen molar-refractivity contribution in [1.82, 2.24) is 5.32 Å². The van der Waals surface area contributed by atoms with Crippen molar-refractivity contribution < 1.29 is 23.1 Å². The van der Waals surface area contributed by atoms with E-state index >= 15 is 0 Å². The van der Waals surface area contributed by atoms with Crippen molar-refractivity contribution in [3.63, 3.8) is 0 Å². The van der Waals surface area contributed by atoms with Crippen molar-refractivity contribution >= 4 is 17.5 Å². The smallest absolute Gasteiger partial charge is 0.313 e. The molecule has 0 aromatic heterocycles. The van der Waals surface area contributed by atoms with Gasteiger partial charge in [-0.1, -0.05) is 24.3 Å². The molecule has 0 heterocycles. The fourth-order valence-corrected chi connectivity index (χ4v) is 2.05.